The number of anilines is 1. The number of amides is 2. The van der Waals surface area contributed by atoms with Crippen molar-refractivity contribution in [2.45, 2.75) is 44.3 Å². The van der Waals surface area contributed by atoms with Crippen LogP contribution in [0.2, 0.25) is 0 Å². The van der Waals surface area contributed by atoms with Crippen LogP contribution < -0.4 is 5.32 Å². The second-order valence-corrected chi connectivity index (χ2v) is 6.65. The lowest BCUT2D eigenvalue weighted by molar-refractivity contribution is -0.0822. The number of rotatable bonds is 3. The molecule has 1 aromatic heterocycles. The molecule has 7 heteroatoms. The van der Waals surface area contributed by atoms with Crippen molar-refractivity contribution < 1.29 is 14.6 Å². The summed E-state index contributed by atoms with van der Waals surface area (Å²) in [6.45, 7) is 2.77. The van der Waals surface area contributed by atoms with Gasteiger partial charge >= 0.3 is 6.03 Å². The maximum absolute atomic E-state index is 12.3. The second kappa shape index (κ2) is 6.29. The van der Waals surface area contributed by atoms with Crippen LogP contribution in [0.3, 0.4) is 0 Å². The van der Waals surface area contributed by atoms with Crippen LogP contribution in [0.15, 0.2) is 5.38 Å². The number of aliphatic hydroxyl groups excluding tert-OH is 1. The Kier molecular flexibility index (Phi) is 4.42. The van der Waals surface area contributed by atoms with Gasteiger partial charge in [0.1, 0.15) is 0 Å². The highest BCUT2D eigenvalue weighted by Crippen LogP contribution is 2.37. The van der Waals surface area contributed by atoms with Crippen LogP contribution in [0.1, 0.15) is 37.8 Å². The standard InChI is InChI=1S/C14H21N3O3S/c1-9-5-17(6-11(7-18)20-9)14(19)16-13-15-12(8-21-13)10-3-2-4-10/h8-11,18H,2-7H2,1H3,(H,15,16,19). The van der Waals surface area contributed by atoms with Crippen molar-refractivity contribution in [1.29, 1.82) is 0 Å². The van der Waals surface area contributed by atoms with E-state index in [2.05, 4.69) is 10.3 Å². The largest absolute Gasteiger partial charge is 0.394 e. The Morgan fingerprint density at radius 3 is 3.05 bits per heavy atom. The number of morpholine rings is 1. The zero-order valence-electron chi connectivity index (χ0n) is 12.1. The number of thiazole rings is 1. The Labute approximate surface area is 128 Å². The van der Waals surface area contributed by atoms with Gasteiger partial charge in [0.05, 0.1) is 31.1 Å². The summed E-state index contributed by atoms with van der Waals surface area (Å²) in [5.74, 6) is 0.578. The van der Waals surface area contributed by atoms with Gasteiger partial charge in [0, 0.05) is 17.8 Å². The fraction of sp³-hybridized carbons (Fsp3) is 0.714. The number of hydrogen-bond donors (Lipinski definition) is 2. The summed E-state index contributed by atoms with van der Waals surface area (Å²) in [7, 11) is 0. The minimum absolute atomic E-state index is 0.0662. The average Bonchev–Trinajstić information content (AvgIpc) is 2.84. The minimum Gasteiger partial charge on any atom is -0.394 e. The summed E-state index contributed by atoms with van der Waals surface area (Å²) in [6.07, 6.45) is 3.31. The van der Waals surface area contributed by atoms with Gasteiger partial charge in [-0.2, -0.15) is 0 Å². The van der Waals surface area contributed by atoms with E-state index in [0.29, 0.717) is 24.1 Å². The molecular weight excluding hydrogens is 290 g/mol. The summed E-state index contributed by atoms with van der Waals surface area (Å²) in [5, 5.41) is 14.8. The molecule has 21 heavy (non-hydrogen) atoms. The van der Waals surface area contributed by atoms with E-state index < -0.39 is 0 Å². The molecule has 0 bridgehead atoms. The fourth-order valence-corrected chi connectivity index (χ4v) is 3.50. The molecule has 1 aliphatic heterocycles. The highest BCUT2D eigenvalue weighted by molar-refractivity contribution is 7.13. The molecule has 1 aliphatic carbocycles. The van der Waals surface area contributed by atoms with Gasteiger partial charge in [-0.15, -0.1) is 11.3 Å². The summed E-state index contributed by atoms with van der Waals surface area (Å²) in [6, 6.07) is -0.168. The van der Waals surface area contributed by atoms with Gasteiger partial charge in [0.2, 0.25) is 0 Å². The summed E-state index contributed by atoms with van der Waals surface area (Å²) in [5.41, 5.74) is 1.10. The summed E-state index contributed by atoms with van der Waals surface area (Å²) in [4.78, 5) is 18.5. The Bertz CT molecular complexity index is 503. The molecule has 2 unspecified atom stereocenters. The Balaban J connectivity index is 1.58. The predicted molar refractivity (Wildman–Crippen MR) is 80.7 cm³/mol. The lowest BCUT2D eigenvalue weighted by atomic mass is 9.83. The Morgan fingerprint density at radius 2 is 2.38 bits per heavy atom. The van der Waals surface area contributed by atoms with Crippen molar-refractivity contribution in [2.24, 2.45) is 0 Å². The summed E-state index contributed by atoms with van der Waals surface area (Å²) < 4.78 is 5.54. The van der Waals surface area contributed by atoms with Crippen LogP contribution in [-0.4, -0.2) is 52.9 Å². The van der Waals surface area contributed by atoms with Crippen LogP contribution in [-0.2, 0) is 4.74 Å². The minimum atomic E-state index is -0.304. The second-order valence-electron chi connectivity index (χ2n) is 5.79. The van der Waals surface area contributed by atoms with Crippen LogP contribution in [0.5, 0.6) is 0 Å². The van der Waals surface area contributed by atoms with Crippen LogP contribution >= 0.6 is 11.3 Å². The molecule has 3 rings (SSSR count). The number of carbonyl (C=O) groups is 1. The van der Waals surface area contributed by atoms with Crippen molar-refractivity contribution >= 4 is 22.5 Å². The first-order valence-electron chi connectivity index (χ1n) is 7.43. The van der Waals surface area contributed by atoms with Gasteiger partial charge in [0.25, 0.3) is 0 Å². The third-order valence-electron chi connectivity index (χ3n) is 4.08. The van der Waals surface area contributed by atoms with Crippen LogP contribution in [0, 0.1) is 0 Å². The van der Waals surface area contributed by atoms with Crippen LogP contribution in [0.25, 0.3) is 0 Å². The first-order valence-corrected chi connectivity index (χ1v) is 8.31. The molecule has 116 valence electrons. The van der Waals surface area contributed by atoms with Gasteiger partial charge in [-0.25, -0.2) is 9.78 Å². The van der Waals surface area contributed by atoms with Crippen molar-refractivity contribution in [3.05, 3.63) is 11.1 Å². The molecule has 2 fully saturated rings. The van der Waals surface area contributed by atoms with Gasteiger partial charge < -0.3 is 14.7 Å². The molecule has 2 heterocycles. The molecule has 1 saturated heterocycles. The fourth-order valence-electron chi connectivity index (χ4n) is 2.72. The third kappa shape index (κ3) is 3.36. The molecule has 0 spiro atoms. The van der Waals surface area contributed by atoms with Crippen LogP contribution in [0.4, 0.5) is 9.93 Å². The maximum atomic E-state index is 12.3. The zero-order chi connectivity index (χ0) is 14.8. The number of ether oxygens (including phenoxy) is 1. The van der Waals surface area contributed by atoms with E-state index in [1.54, 1.807) is 4.90 Å². The molecule has 2 atom stereocenters. The smallest absolute Gasteiger partial charge is 0.323 e. The van der Waals surface area contributed by atoms with Gasteiger partial charge in [-0.1, -0.05) is 6.42 Å². The molecule has 6 nitrogen and oxygen atoms in total. The van der Waals surface area contributed by atoms with E-state index in [1.807, 2.05) is 12.3 Å². The lowest BCUT2D eigenvalue weighted by Crippen LogP contribution is -2.51. The highest BCUT2D eigenvalue weighted by Gasteiger charge is 2.28. The van der Waals surface area contributed by atoms with Gasteiger partial charge in [-0.3, -0.25) is 5.32 Å². The van der Waals surface area contributed by atoms with E-state index in [0.717, 1.165) is 5.69 Å². The van der Waals surface area contributed by atoms with Gasteiger partial charge in [-0.05, 0) is 19.8 Å². The maximum Gasteiger partial charge on any atom is 0.323 e. The lowest BCUT2D eigenvalue weighted by Gasteiger charge is -2.35. The number of nitrogens with one attached hydrogen (secondary N) is 1. The highest BCUT2D eigenvalue weighted by atomic mass is 32.1. The Morgan fingerprint density at radius 1 is 1.57 bits per heavy atom. The van der Waals surface area contributed by atoms with E-state index in [-0.39, 0.29) is 24.8 Å². The molecule has 2 N–H and O–H groups in total. The van der Waals surface area contributed by atoms with Crippen molar-refractivity contribution in [3.63, 3.8) is 0 Å². The van der Waals surface area contributed by atoms with E-state index in [4.69, 9.17) is 4.74 Å². The molecule has 1 saturated carbocycles. The topological polar surface area (TPSA) is 74.7 Å². The predicted octanol–water partition coefficient (Wildman–Crippen LogP) is 2.02. The monoisotopic (exact) mass is 311 g/mol. The first kappa shape index (κ1) is 14.7. The third-order valence-corrected chi connectivity index (χ3v) is 4.85. The normalized spacial score (nSPS) is 26.5. The SMILES string of the molecule is CC1CN(C(=O)Nc2nc(C3CCC3)cs2)CC(CO)O1. The zero-order valence-corrected chi connectivity index (χ0v) is 12.9. The number of aliphatic hydroxyl groups is 1. The van der Waals surface area contributed by atoms with Gasteiger partial charge in [0.15, 0.2) is 5.13 Å². The average molecular weight is 311 g/mol. The number of aromatic nitrogens is 1. The van der Waals surface area contributed by atoms with Crippen molar-refractivity contribution in [3.8, 4) is 0 Å². The number of urea groups is 1. The summed E-state index contributed by atoms with van der Waals surface area (Å²) >= 11 is 1.48. The molecular formula is C14H21N3O3S. The van der Waals surface area contributed by atoms with E-state index in [9.17, 15) is 9.90 Å². The molecule has 1 aromatic rings. The van der Waals surface area contributed by atoms with Crippen molar-refractivity contribution in [2.75, 3.05) is 25.0 Å². The number of hydrogen-bond acceptors (Lipinski definition) is 5. The van der Waals surface area contributed by atoms with E-state index >= 15 is 0 Å². The molecule has 2 aliphatic rings. The van der Waals surface area contributed by atoms with Crippen molar-refractivity contribution in [1.82, 2.24) is 9.88 Å². The Hall–Kier alpha value is -1.18. The molecule has 0 aromatic carbocycles. The number of carbonyl (C=O) groups excluding carboxylic acids is 1. The molecule has 0 radical (unpaired) electrons. The quantitative estimate of drug-likeness (QED) is 0.895. The molecule has 2 amide bonds. The first-order chi connectivity index (χ1) is 10.2. The number of nitrogens with zero attached hydrogens (tertiary/aromatic N) is 2. The van der Waals surface area contributed by atoms with E-state index in [1.165, 1.54) is 30.6 Å².